The summed E-state index contributed by atoms with van der Waals surface area (Å²) < 4.78 is 10.2. The van der Waals surface area contributed by atoms with E-state index in [1.165, 1.54) is 13.2 Å². The van der Waals surface area contributed by atoms with Crippen LogP contribution in [0.15, 0.2) is 72.3 Å². The molecule has 0 aromatic heterocycles. The number of nitrogens with zero attached hydrogens (tertiary/aromatic N) is 1. The maximum absolute atomic E-state index is 13.6. The molecule has 2 fully saturated rings. The van der Waals surface area contributed by atoms with E-state index in [1.807, 2.05) is 74.5 Å². The molecular weight excluding hydrogens is 426 g/mol. The fourth-order valence-corrected chi connectivity index (χ4v) is 5.92. The van der Waals surface area contributed by atoms with Crippen molar-refractivity contribution in [2.24, 2.45) is 0 Å². The van der Waals surface area contributed by atoms with E-state index < -0.39 is 28.8 Å². The van der Waals surface area contributed by atoms with E-state index in [2.05, 4.69) is 4.74 Å². The highest BCUT2D eigenvalue weighted by Gasteiger charge is 2.57. The predicted molar refractivity (Wildman–Crippen MR) is 122 cm³/mol. The summed E-state index contributed by atoms with van der Waals surface area (Å²) in [5.74, 6) is -1.36. The Morgan fingerprint density at radius 3 is 2.16 bits per heavy atom. The molecule has 6 nitrogen and oxygen atoms in total. The zero-order valence-corrected chi connectivity index (χ0v) is 19.0. The fraction of sp³-hybridized carbons (Fsp3) is 0.320. The summed E-state index contributed by atoms with van der Waals surface area (Å²) in [5, 5.41) is -0.224. The molecule has 166 valence electrons. The van der Waals surface area contributed by atoms with Crippen LogP contribution in [-0.2, 0) is 23.9 Å². The summed E-state index contributed by atoms with van der Waals surface area (Å²) in [6.07, 6.45) is 1.01. The second-order valence-corrected chi connectivity index (χ2v) is 10.2. The van der Waals surface area contributed by atoms with E-state index in [0.29, 0.717) is 12.0 Å². The molecule has 0 unspecified atom stereocenters. The summed E-state index contributed by atoms with van der Waals surface area (Å²) >= 11 is 1.55. The van der Waals surface area contributed by atoms with Gasteiger partial charge in [-0.15, -0.1) is 11.8 Å². The number of fused-ring (bicyclic) bond motifs is 1. The van der Waals surface area contributed by atoms with Gasteiger partial charge in [0.25, 0.3) is 5.91 Å². The number of amides is 1. The van der Waals surface area contributed by atoms with Crippen molar-refractivity contribution in [3.63, 3.8) is 0 Å². The normalized spacial score (nSPS) is 22.8. The van der Waals surface area contributed by atoms with Gasteiger partial charge in [-0.1, -0.05) is 60.7 Å². The molecule has 2 aromatic carbocycles. The van der Waals surface area contributed by atoms with Gasteiger partial charge in [0.1, 0.15) is 6.04 Å². The SMILES string of the molecule is COC(=O)/C=C1\C[C@H]2SC(C)(C)[C@H](C(=O)OC(c3ccccc3)c3ccccc3)N2C1=O. The number of hydrogen-bond acceptors (Lipinski definition) is 6. The smallest absolute Gasteiger partial charge is 0.331 e. The van der Waals surface area contributed by atoms with Crippen molar-refractivity contribution in [3.8, 4) is 0 Å². The lowest BCUT2D eigenvalue weighted by Crippen LogP contribution is -2.49. The monoisotopic (exact) mass is 451 g/mol. The van der Waals surface area contributed by atoms with Crippen molar-refractivity contribution >= 4 is 29.6 Å². The Morgan fingerprint density at radius 2 is 1.62 bits per heavy atom. The summed E-state index contributed by atoms with van der Waals surface area (Å²) in [7, 11) is 1.27. The molecule has 0 N–H and O–H groups in total. The second kappa shape index (κ2) is 8.82. The molecule has 0 bridgehead atoms. The van der Waals surface area contributed by atoms with Crippen molar-refractivity contribution in [2.45, 2.75) is 42.5 Å². The lowest BCUT2D eigenvalue weighted by molar-refractivity contribution is -0.157. The molecule has 32 heavy (non-hydrogen) atoms. The average molecular weight is 452 g/mol. The zero-order valence-electron chi connectivity index (χ0n) is 18.2. The van der Waals surface area contributed by atoms with Crippen molar-refractivity contribution in [2.75, 3.05) is 7.11 Å². The average Bonchev–Trinajstić information content (AvgIpc) is 3.22. The molecule has 0 aliphatic carbocycles. The van der Waals surface area contributed by atoms with E-state index in [0.717, 1.165) is 11.1 Å². The van der Waals surface area contributed by atoms with Crippen LogP contribution in [0.3, 0.4) is 0 Å². The number of thioether (sulfide) groups is 1. The summed E-state index contributed by atoms with van der Waals surface area (Å²) in [6, 6.07) is 18.3. The number of rotatable bonds is 5. The lowest BCUT2D eigenvalue weighted by atomic mass is 9.99. The van der Waals surface area contributed by atoms with Gasteiger partial charge in [-0.3, -0.25) is 4.79 Å². The van der Waals surface area contributed by atoms with E-state index >= 15 is 0 Å². The molecule has 2 aliphatic heterocycles. The van der Waals surface area contributed by atoms with Gasteiger partial charge in [-0.2, -0.15) is 0 Å². The third kappa shape index (κ3) is 4.17. The van der Waals surface area contributed by atoms with Crippen LogP contribution in [0.4, 0.5) is 0 Å². The second-order valence-electron chi connectivity index (χ2n) is 8.33. The van der Waals surface area contributed by atoms with Crippen LogP contribution < -0.4 is 0 Å². The quantitative estimate of drug-likeness (QED) is 0.508. The van der Waals surface area contributed by atoms with Crippen LogP contribution in [0.2, 0.25) is 0 Å². The van der Waals surface area contributed by atoms with E-state index in [1.54, 1.807) is 16.7 Å². The first-order valence-corrected chi connectivity index (χ1v) is 11.3. The number of hydrogen-bond donors (Lipinski definition) is 0. The van der Waals surface area contributed by atoms with E-state index in [4.69, 9.17) is 4.74 Å². The van der Waals surface area contributed by atoms with Crippen molar-refractivity contribution in [1.29, 1.82) is 0 Å². The Balaban J connectivity index is 1.64. The highest BCUT2D eigenvalue weighted by molar-refractivity contribution is 8.01. The van der Waals surface area contributed by atoms with Crippen LogP contribution >= 0.6 is 11.8 Å². The molecule has 2 atom stereocenters. The number of methoxy groups -OCH3 is 1. The Kier molecular flexibility index (Phi) is 6.11. The van der Waals surface area contributed by atoms with Crippen LogP contribution in [0, 0.1) is 0 Å². The van der Waals surface area contributed by atoms with Gasteiger partial charge in [0.2, 0.25) is 0 Å². The lowest BCUT2D eigenvalue weighted by Gasteiger charge is -2.30. The largest absolute Gasteiger partial charge is 0.466 e. The third-order valence-electron chi connectivity index (χ3n) is 5.75. The Hall–Kier alpha value is -3.06. The van der Waals surface area contributed by atoms with Crippen LogP contribution in [0.25, 0.3) is 0 Å². The molecule has 0 radical (unpaired) electrons. The standard InChI is InChI=1S/C25H25NO5S/c1-25(2)22(26-19(32-25)14-18(23(26)28)15-20(27)30-3)24(29)31-21(16-10-6-4-7-11-16)17-12-8-5-9-13-17/h4-13,15,19,21-22H,14H2,1-3H3/b18-15+/t19-,22+/m1/s1. The minimum Gasteiger partial charge on any atom is -0.466 e. The zero-order chi connectivity index (χ0) is 22.9. The molecular formula is C25H25NO5S. The van der Waals surface area contributed by atoms with Crippen LogP contribution in [0.5, 0.6) is 0 Å². The first-order chi connectivity index (χ1) is 15.3. The molecule has 2 aromatic rings. The topological polar surface area (TPSA) is 72.9 Å². The fourth-order valence-electron chi connectivity index (χ4n) is 4.29. The minimum atomic E-state index is -0.775. The van der Waals surface area contributed by atoms with Crippen molar-refractivity contribution in [3.05, 3.63) is 83.4 Å². The first kappa shape index (κ1) is 22.1. The van der Waals surface area contributed by atoms with E-state index in [-0.39, 0.29) is 11.3 Å². The number of esters is 2. The number of carbonyl (C=O) groups is 3. The maximum atomic E-state index is 13.6. The van der Waals surface area contributed by atoms with Gasteiger partial charge in [-0.05, 0) is 25.0 Å². The molecule has 2 saturated heterocycles. The number of ether oxygens (including phenoxy) is 2. The van der Waals surface area contributed by atoms with Crippen molar-refractivity contribution in [1.82, 2.24) is 4.90 Å². The highest BCUT2D eigenvalue weighted by Crippen LogP contribution is 2.51. The molecule has 0 spiro atoms. The Labute approximate surface area is 191 Å². The molecule has 7 heteroatoms. The third-order valence-corrected chi connectivity index (χ3v) is 7.24. The van der Waals surface area contributed by atoms with Gasteiger partial charge < -0.3 is 14.4 Å². The molecule has 2 heterocycles. The Bertz CT molecular complexity index is 1010. The molecule has 4 rings (SSSR count). The molecule has 2 aliphatic rings. The Morgan fingerprint density at radius 1 is 1.06 bits per heavy atom. The highest BCUT2D eigenvalue weighted by atomic mass is 32.2. The molecule has 1 amide bonds. The summed E-state index contributed by atoms with van der Waals surface area (Å²) in [5.41, 5.74) is 2.06. The predicted octanol–water partition coefficient (Wildman–Crippen LogP) is 3.87. The van der Waals surface area contributed by atoms with Gasteiger partial charge >= 0.3 is 11.9 Å². The first-order valence-electron chi connectivity index (χ1n) is 10.4. The van der Waals surface area contributed by atoms with Gasteiger partial charge in [-0.25, -0.2) is 9.59 Å². The van der Waals surface area contributed by atoms with Gasteiger partial charge in [0.15, 0.2) is 6.10 Å². The summed E-state index contributed by atoms with van der Waals surface area (Å²) in [6.45, 7) is 3.89. The van der Waals surface area contributed by atoms with Crippen LogP contribution in [-0.4, -0.2) is 46.0 Å². The maximum Gasteiger partial charge on any atom is 0.331 e. The van der Waals surface area contributed by atoms with Gasteiger partial charge in [0, 0.05) is 22.8 Å². The van der Waals surface area contributed by atoms with Crippen molar-refractivity contribution < 1.29 is 23.9 Å². The van der Waals surface area contributed by atoms with E-state index in [9.17, 15) is 14.4 Å². The molecule has 0 saturated carbocycles. The van der Waals surface area contributed by atoms with Gasteiger partial charge in [0.05, 0.1) is 12.5 Å². The minimum absolute atomic E-state index is 0.224. The number of carbonyl (C=O) groups excluding carboxylic acids is 3. The number of benzene rings is 2. The summed E-state index contributed by atoms with van der Waals surface area (Å²) in [4.78, 5) is 39.9. The van der Waals surface area contributed by atoms with Crippen LogP contribution in [0.1, 0.15) is 37.5 Å².